The van der Waals surface area contributed by atoms with Gasteiger partial charge in [-0.1, -0.05) is 13.5 Å². The third kappa shape index (κ3) is 1.67. The van der Waals surface area contributed by atoms with E-state index < -0.39 is 29.2 Å². The van der Waals surface area contributed by atoms with Crippen molar-refractivity contribution in [2.75, 3.05) is 6.61 Å². The molecule has 0 bridgehead atoms. The highest BCUT2D eigenvalue weighted by molar-refractivity contribution is 5.95. The van der Waals surface area contributed by atoms with Gasteiger partial charge < -0.3 is 14.6 Å². The fourth-order valence-corrected chi connectivity index (χ4v) is 4.80. The fourth-order valence-electron chi connectivity index (χ4n) is 4.80. The van der Waals surface area contributed by atoms with E-state index in [1.54, 1.807) is 6.92 Å². The van der Waals surface area contributed by atoms with Gasteiger partial charge in [-0.3, -0.25) is 4.79 Å². The first-order chi connectivity index (χ1) is 10.3. The zero-order valence-corrected chi connectivity index (χ0v) is 13.4. The van der Waals surface area contributed by atoms with Crippen molar-refractivity contribution in [3.8, 4) is 0 Å². The molecule has 0 aromatic carbocycles. The third-order valence-corrected chi connectivity index (χ3v) is 6.18. The van der Waals surface area contributed by atoms with E-state index in [2.05, 4.69) is 6.58 Å². The van der Waals surface area contributed by atoms with Crippen molar-refractivity contribution < 1.29 is 24.2 Å². The maximum Gasteiger partial charge on any atom is 0.334 e. The van der Waals surface area contributed by atoms with Gasteiger partial charge in [-0.2, -0.15) is 0 Å². The van der Waals surface area contributed by atoms with Gasteiger partial charge in [-0.05, 0) is 32.6 Å². The number of Topliss-reactive ketones (excluding diaryl/α,β-unsaturated/α-hetero) is 1. The van der Waals surface area contributed by atoms with E-state index in [-0.39, 0.29) is 24.0 Å². The van der Waals surface area contributed by atoms with Gasteiger partial charge in [0.2, 0.25) is 0 Å². The second kappa shape index (κ2) is 4.90. The summed E-state index contributed by atoms with van der Waals surface area (Å²) in [6.45, 7) is 9.81. The average Bonchev–Trinajstić information content (AvgIpc) is 2.83. The van der Waals surface area contributed by atoms with Crippen LogP contribution in [0.5, 0.6) is 0 Å². The van der Waals surface area contributed by atoms with Gasteiger partial charge in [0.15, 0.2) is 0 Å². The molecular formula is C17H24O5. The first kappa shape index (κ1) is 15.7. The molecule has 5 heteroatoms. The van der Waals surface area contributed by atoms with Crippen molar-refractivity contribution in [1.82, 2.24) is 0 Å². The molecule has 122 valence electrons. The van der Waals surface area contributed by atoms with Gasteiger partial charge in [0.05, 0.1) is 11.5 Å². The predicted molar refractivity (Wildman–Crippen MR) is 79.0 cm³/mol. The Balaban J connectivity index is 2.12. The summed E-state index contributed by atoms with van der Waals surface area (Å²) < 4.78 is 11.2. The molecule has 22 heavy (non-hydrogen) atoms. The van der Waals surface area contributed by atoms with E-state index in [0.29, 0.717) is 25.0 Å². The standard InChI is InChI=1S/C17H24O5/c1-5-21-13-8-12(18)16(4)14-11(10(3)15(19)22-14)7-6-9(2)17(13,16)20/h9,11,13-14,20H,3,5-8H2,1-2,4H3/t9-,11-,13+,14+,16-,17-/m0/s1. The van der Waals surface area contributed by atoms with Gasteiger partial charge >= 0.3 is 5.97 Å². The van der Waals surface area contributed by atoms with Crippen LogP contribution in [0.2, 0.25) is 0 Å². The molecule has 0 amide bonds. The number of hydrogen-bond acceptors (Lipinski definition) is 5. The van der Waals surface area contributed by atoms with Crippen LogP contribution in [-0.4, -0.2) is 41.3 Å². The van der Waals surface area contributed by atoms with Gasteiger partial charge in [0.1, 0.15) is 17.5 Å². The molecule has 3 fully saturated rings. The fraction of sp³-hybridized carbons (Fsp3) is 0.765. The second-order valence-corrected chi connectivity index (χ2v) is 7.04. The number of ether oxygens (including phenoxy) is 2. The first-order valence-corrected chi connectivity index (χ1v) is 8.05. The molecule has 0 unspecified atom stereocenters. The Morgan fingerprint density at radius 1 is 1.41 bits per heavy atom. The molecule has 1 heterocycles. The monoisotopic (exact) mass is 308 g/mol. The van der Waals surface area contributed by atoms with E-state index in [4.69, 9.17) is 9.47 Å². The number of carbonyl (C=O) groups is 2. The Kier molecular flexibility index (Phi) is 3.49. The first-order valence-electron chi connectivity index (χ1n) is 8.05. The van der Waals surface area contributed by atoms with Crippen molar-refractivity contribution in [3.63, 3.8) is 0 Å². The minimum Gasteiger partial charge on any atom is -0.457 e. The Bertz CT molecular complexity index is 541. The number of carbonyl (C=O) groups excluding carboxylic acids is 2. The number of esters is 1. The lowest BCUT2D eigenvalue weighted by molar-refractivity contribution is -0.197. The van der Waals surface area contributed by atoms with Crippen LogP contribution >= 0.6 is 0 Å². The lowest BCUT2D eigenvalue weighted by Crippen LogP contribution is -2.60. The minimum atomic E-state index is -1.32. The van der Waals surface area contributed by atoms with Gasteiger partial charge in [0.25, 0.3) is 0 Å². The Labute approximate surface area is 130 Å². The lowest BCUT2D eigenvalue weighted by Gasteiger charge is -2.46. The summed E-state index contributed by atoms with van der Waals surface area (Å²) in [5.74, 6) is -0.837. The quantitative estimate of drug-likeness (QED) is 0.620. The molecule has 3 aliphatic rings. The van der Waals surface area contributed by atoms with E-state index >= 15 is 0 Å². The van der Waals surface area contributed by atoms with E-state index in [1.807, 2.05) is 13.8 Å². The number of rotatable bonds is 2. The zero-order chi connectivity index (χ0) is 16.3. The highest BCUT2D eigenvalue weighted by Crippen LogP contribution is 2.59. The lowest BCUT2D eigenvalue weighted by atomic mass is 9.64. The van der Waals surface area contributed by atoms with Crippen LogP contribution in [0.4, 0.5) is 0 Å². The summed E-state index contributed by atoms with van der Waals surface area (Å²) in [5, 5.41) is 11.5. The molecule has 2 saturated carbocycles. The Hall–Kier alpha value is -1.20. The van der Waals surface area contributed by atoms with Crippen LogP contribution in [0, 0.1) is 17.3 Å². The molecule has 6 atom stereocenters. The van der Waals surface area contributed by atoms with Crippen LogP contribution in [-0.2, 0) is 19.1 Å². The van der Waals surface area contributed by atoms with Crippen molar-refractivity contribution >= 4 is 11.8 Å². The van der Waals surface area contributed by atoms with Crippen LogP contribution in [0.1, 0.15) is 40.0 Å². The zero-order valence-electron chi connectivity index (χ0n) is 13.4. The molecule has 0 aromatic heterocycles. The molecule has 3 rings (SSSR count). The summed E-state index contributed by atoms with van der Waals surface area (Å²) in [6, 6.07) is 0. The summed E-state index contributed by atoms with van der Waals surface area (Å²) in [6.07, 6.45) is 0.384. The van der Waals surface area contributed by atoms with Gasteiger partial charge in [0, 0.05) is 24.5 Å². The molecule has 1 aliphatic heterocycles. The summed E-state index contributed by atoms with van der Waals surface area (Å²) in [7, 11) is 0. The number of fused-ring (bicyclic) bond motifs is 3. The van der Waals surface area contributed by atoms with Gasteiger partial charge in [-0.25, -0.2) is 4.79 Å². The topological polar surface area (TPSA) is 72.8 Å². The summed E-state index contributed by atoms with van der Waals surface area (Å²) >= 11 is 0. The van der Waals surface area contributed by atoms with Crippen LogP contribution in [0.25, 0.3) is 0 Å². The van der Waals surface area contributed by atoms with Crippen molar-refractivity contribution in [2.24, 2.45) is 17.3 Å². The number of aliphatic hydroxyl groups is 1. The SMILES string of the molecule is C=C1C(=O)O[C@@H]2[C@H]1CC[C@H](C)[C@]1(O)[C@H](OCC)CC(=O)[C@@]21C. The Morgan fingerprint density at radius 3 is 2.73 bits per heavy atom. The van der Waals surface area contributed by atoms with Crippen LogP contribution in [0.3, 0.4) is 0 Å². The highest BCUT2D eigenvalue weighted by atomic mass is 16.6. The largest absolute Gasteiger partial charge is 0.457 e. The van der Waals surface area contributed by atoms with Crippen LogP contribution < -0.4 is 0 Å². The van der Waals surface area contributed by atoms with E-state index in [1.165, 1.54) is 0 Å². The molecule has 0 radical (unpaired) electrons. The molecule has 1 saturated heterocycles. The average molecular weight is 308 g/mol. The smallest absolute Gasteiger partial charge is 0.334 e. The van der Waals surface area contributed by atoms with Crippen molar-refractivity contribution in [2.45, 2.75) is 57.8 Å². The van der Waals surface area contributed by atoms with Crippen LogP contribution in [0.15, 0.2) is 12.2 Å². The van der Waals surface area contributed by atoms with E-state index in [9.17, 15) is 14.7 Å². The summed E-state index contributed by atoms with van der Waals surface area (Å²) in [4.78, 5) is 24.8. The second-order valence-electron chi connectivity index (χ2n) is 7.04. The molecule has 5 nitrogen and oxygen atoms in total. The third-order valence-electron chi connectivity index (χ3n) is 6.18. The molecule has 0 spiro atoms. The minimum absolute atomic E-state index is 0.0836. The number of hydrogen-bond donors (Lipinski definition) is 1. The maximum atomic E-state index is 12.8. The van der Waals surface area contributed by atoms with Gasteiger partial charge in [-0.15, -0.1) is 0 Å². The highest BCUT2D eigenvalue weighted by Gasteiger charge is 2.72. The molecular weight excluding hydrogens is 284 g/mol. The Morgan fingerprint density at radius 2 is 2.09 bits per heavy atom. The molecule has 0 aromatic rings. The normalized spacial score (nSPS) is 47.9. The van der Waals surface area contributed by atoms with Crippen molar-refractivity contribution in [3.05, 3.63) is 12.2 Å². The van der Waals surface area contributed by atoms with E-state index in [0.717, 1.165) is 0 Å². The molecule has 1 N–H and O–H groups in total. The van der Waals surface area contributed by atoms with Crippen molar-refractivity contribution in [1.29, 1.82) is 0 Å². The maximum absolute atomic E-state index is 12.8. The number of ketones is 1. The molecule has 2 aliphatic carbocycles. The summed E-state index contributed by atoms with van der Waals surface area (Å²) in [5.41, 5.74) is -2.03. The predicted octanol–water partition coefficient (Wildman–Crippen LogP) is 1.63.